The second kappa shape index (κ2) is 13.7. The van der Waals surface area contributed by atoms with E-state index in [-0.39, 0.29) is 5.56 Å². The molecule has 0 saturated heterocycles. The Morgan fingerprint density at radius 3 is 2.58 bits per heavy atom. The van der Waals surface area contributed by atoms with E-state index in [0.29, 0.717) is 30.7 Å². The van der Waals surface area contributed by atoms with Crippen molar-refractivity contribution < 1.29 is 14.0 Å². The Morgan fingerprint density at radius 1 is 0.975 bits per heavy atom. The van der Waals surface area contributed by atoms with Gasteiger partial charge in [-0.15, -0.1) is 0 Å². The van der Waals surface area contributed by atoms with Gasteiger partial charge in [0.2, 0.25) is 0 Å². The summed E-state index contributed by atoms with van der Waals surface area (Å²) in [6.45, 7) is 6.54. The zero-order valence-electron chi connectivity index (χ0n) is 23.0. The van der Waals surface area contributed by atoms with Crippen LogP contribution in [0.4, 0.5) is 0 Å². The third-order valence-corrected chi connectivity index (χ3v) is 7.45. The molecule has 1 aliphatic heterocycles. The molecule has 4 aromatic rings. The summed E-state index contributed by atoms with van der Waals surface area (Å²) in [7, 11) is 0. The minimum atomic E-state index is -0.188. The maximum atomic E-state index is 11.3. The lowest BCUT2D eigenvalue weighted by Gasteiger charge is -2.25. The molecule has 0 bridgehead atoms. The molecule has 5 rings (SSSR count). The van der Waals surface area contributed by atoms with Crippen LogP contribution in [0.25, 0.3) is 11.4 Å². The topological polar surface area (TPSA) is 85.5 Å². The van der Waals surface area contributed by atoms with Gasteiger partial charge in [0.15, 0.2) is 16.7 Å². The van der Waals surface area contributed by atoms with E-state index in [0.717, 1.165) is 92.3 Å². The number of rotatable bonds is 14. The average Bonchev–Trinajstić information content (AvgIpc) is 3.53. The van der Waals surface area contributed by atoms with Crippen molar-refractivity contribution in [1.29, 1.82) is 0 Å². The van der Waals surface area contributed by atoms with Gasteiger partial charge in [-0.05, 0) is 43.5 Å². The maximum absolute atomic E-state index is 11.3. The summed E-state index contributed by atoms with van der Waals surface area (Å²) >= 11 is 6.84. The highest BCUT2D eigenvalue weighted by Crippen LogP contribution is 2.32. The average molecular weight is 565 g/mol. The maximum Gasteiger partial charge on any atom is 0.280 e. The van der Waals surface area contributed by atoms with Crippen LogP contribution in [0.1, 0.15) is 56.0 Å². The fraction of sp³-hybridized carbons (Fsp3) is 0.419. The van der Waals surface area contributed by atoms with Crippen LogP contribution in [0.5, 0.6) is 11.5 Å². The first kappa shape index (κ1) is 28.1. The first-order valence-electron chi connectivity index (χ1n) is 14.2. The fourth-order valence-corrected chi connectivity index (χ4v) is 5.34. The second-order valence-electron chi connectivity index (χ2n) is 10.2. The molecule has 0 unspecified atom stereocenters. The Balaban J connectivity index is 1.34. The van der Waals surface area contributed by atoms with Crippen molar-refractivity contribution in [2.45, 2.75) is 65.1 Å². The van der Waals surface area contributed by atoms with E-state index in [9.17, 15) is 4.79 Å². The summed E-state index contributed by atoms with van der Waals surface area (Å²) in [6, 6.07) is 18.0. The lowest BCUT2D eigenvalue weighted by Crippen LogP contribution is -2.26. The Hall–Kier alpha value is -3.49. The summed E-state index contributed by atoms with van der Waals surface area (Å²) in [5.41, 5.74) is 3.09. The van der Waals surface area contributed by atoms with E-state index in [2.05, 4.69) is 45.8 Å². The van der Waals surface area contributed by atoms with E-state index in [1.807, 2.05) is 24.3 Å². The molecule has 1 N–H and O–H groups in total. The second-order valence-corrected chi connectivity index (χ2v) is 10.6. The Morgan fingerprint density at radius 2 is 1.80 bits per heavy atom. The van der Waals surface area contributed by atoms with Crippen molar-refractivity contribution in [3.63, 3.8) is 0 Å². The van der Waals surface area contributed by atoms with Crippen LogP contribution in [0, 0.1) is 0 Å². The number of hydrogen-bond acceptors (Lipinski definition) is 6. The number of nitrogens with zero attached hydrogens (tertiary/aromatic N) is 3. The molecule has 1 aliphatic rings. The van der Waals surface area contributed by atoms with Gasteiger partial charge in [-0.3, -0.25) is 9.69 Å². The van der Waals surface area contributed by atoms with E-state index in [1.54, 1.807) is 0 Å². The molecule has 2 aromatic heterocycles. The number of imidazole rings is 1. The molecule has 212 valence electrons. The fourth-order valence-electron chi connectivity index (χ4n) is 5.10. The zero-order chi connectivity index (χ0) is 27.7. The Labute approximate surface area is 239 Å². The van der Waals surface area contributed by atoms with Gasteiger partial charge in [-0.25, -0.2) is 4.98 Å². The first-order valence-corrected chi connectivity index (χ1v) is 14.6. The van der Waals surface area contributed by atoms with Crippen molar-refractivity contribution in [3.05, 3.63) is 87.1 Å². The molecule has 0 radical (unpaired) electrons. The molecule has 2 aromatic carbocycles. The number of aryl methyl sites for hydroxylation is 1. The van der Waals surface area contributed by atoms with Crippen LogP contribution in [-0.2, 0) is 26.1 Å². The molecule has 0 fully saturated rings. The number of ether oxygens (including phenoxy) is 2. The summed E-state index contributed by atoms with van der Waals surface area (Å²) in [4.78, 5) is 18.6. The zero-order valence-corrected chi connectivity index (χ0v) is 23.8. The van der Waals surface area contributed by atoms with Crippen molar-refractivity contribution in [1.82, 2.24) is 19.6 Å². The molecular formula is C31H37ClN4O4. The third kappa shape index (κ3) is 7.17. The van der Waals surface area contributed by atoms with Gasteiger partial charge in [0.1, 0.15) is 24.8 Å². The Kier molecular flexibility index (Phi) is 9.63. The predicted molar refractivity (Wildman–Crippen MR) is 156 cm³/mol. The lowest BCUT2D eigenvalue weighted by molar-refractivity contribution is 0.171. The minimum absolute atomic E-state index is 0.188. The number of hydrogen-bond donors (Lipinski definition) is 1. The molecular weight excluding hydrogens is 528 g/mol. The van der Waals surface area contributed by atoms with Crippen molar-refractivity contribution >= 4 is 11.6 Å². The number of benzene rings is 2. The summed E-state index contributed by atoms with van der Waals surface area (Å²) < 4.78 is 19.1. The van der Waals surface area contributed by atoms with Gasteiger partial charge >= 0.3 is 0 Å². The highest BCUT2D eigenvalue weighted by Gasteiger charge is 2.21. The standard InChI is InChI=1S/C31H37ClN4O4/c1-2-3-16-36-26(30(32)33-31(36)24-10-6-4-7-11-24)22-35(15-9-5-8-12-25-20-29(37)34-40-25)21-23-13-14-27-28(19-23)39-18-17-38-27/h4,6-7,10-11,13-14,19-20H,2-3,5,8-9,12,15-18,21-22H2,1H3,(H,34,37). The van der Waals surface area contributed by atoms with Crippen molar-refractivity contribution in [3.8, 4) is 22.9 Å². The van der Waals surface area contributed by atoms with Crippen LogP contribution in [0.3, 0.4) is 0 Å². The van der Waals surface area contributed by atoms with Gasteiger partial charge in [-0.1, -0.05) is 67.8 Å². The molecule has 0 saturated carbocycles. The van der Waals surface area contributed by atoms with E-state index >= 15 is 0 Å². The number of H-pyrrole nitrogens is 1. The van der Waals surface area contributed by atoms with Crippen LogP contribution in [0.15, 0.2) is 63.9 Å². The minimum Gasteiger partial charge on any atom is -0.486 e. The number of nitrogens with one attached hydrogen (secondary N) is 1. The van der Waals surface area contributed by atoms with Crippen molar-refractivity contribution in [2.24, 2.45) is 0 Å². The van der Waals surface area contributed by atoms with E-state index in [1.165, 1.54) is 6.07 Å². The highest BCUT2D eigenvalue weighted by atomic mass is 35.5. The highest BCUT2D eigenvalue weighted by molar-refractivity contribution is 6.30. The number of fused-ring (bicyclic) bond motifs is 1. The largest absolute Gasteiger partial charge is 0.486 e. The molecule has 3 heterocycles. The van der Waals surface area contributed by atoms with Crippen LogP contribution in [0.2, 0.25) is 5.15 Å². The van der Waals surface area contributed by atoms with Crippen LogP contribution < -0.4 is 15.0 Å². The van der Waals surface area contributed by atoms with E-state index in [4.69, 9.17) is 30.6 Å². The molecule has 0 spiro atoms. The first-order chi connectivity index (χ1) is 19.6. The van der Waals surface area contributed by atoms with Crippen molar-refractivity contribution in [2.75, 3.05) is 19.8 Å². The molecule has 0 aliphatic carbocycles. The van der Waals surface area contributed by atoms with Gasteiger partial charge in [0.25, 0.3) is 5.56 Å². The quantitative estimate of drug-likeness (QED) is 0.177. The molecule has 40 heavy (non-hydrogen) atoms. The smallest absolute Gasteiger partial charge is 0.280 e. The number of aromatic amines is 1. The summed E-state index contributed by atoms with van der Waals surface area (Å²) in [5, 5.41) is 2.92. The SMILES string of the molecule is CCCCn1c(-c2ccccc2)nc(Cl)c1CN(CCCCCc1cc(=O)[nH]o1)Cc1ccc2c(c1)OCCO2. The normalized spacial score (nSPS) is 12.8. The molecule has 8 nitrogen and oxygen atoms in total. The molecule has 0 amide bonds. The molecule has 9 heteroatoms. The van der Waals surface area contributed by atoms with Gasteiger partial charge in [-0.2, -0.15) is 5.16 Å². The molecule has 0 atom stereocenters. The number of halogens is 1. The van der Waals surface area contributed by atoms with Gasteiger partial charge in [0, 0.05) is 37.7 Å². The Bertz CT molecular complexity index is 1430. The van der Waals surface area contributed by atoms with Crippen LogP contribution >= 0.6 is 11.6 Å². The van der Waals surface area contributed by atoms with Crippen LogP contribution in [-0.4, -0.2) is 39.4 Å². The third-order valence-electron chi connectivity index (χ3n) is 7.15. The van der Waals surface area contributed by atoms with Gasteiger partial charge < -0.3 is 18.6 Å². The number of aromatic nitrogens is 3. The predicted octanol–water partition coefficient (Wildman–Crippen LogP) is 6.47. The van der Waals surface area contributed by atoms with E-state index < -0.39 is 0 Å². The lowest BCUT2D eigenvalue weighted by atomic mass is 10.1. The summed E-state index contributed by atoms with van der Waals surface area (Å²) in [6.07, 6.45) is 5.86. The summed E-state index contributed by atoms with van der Waals surface area (Å²) in [5.74, 6) is 3.22. The monoisotopic (exact) mass is 564 g/mol. The number of unbranched alkanes of at least 4 members (excludes halogenated alkanes) is 3. The van der Waals surface area contributed by atoms with Gasteiger partial charge in [0.05, 0.1) is 5.69 Å².